The molecule has 5 heteroatoms. The van der Waals surface area contributed by atoms with Crippen molar-refractivity contribution in [3.8, 4) is 0 Å². The topological polar surface area (TPSA) is 50.2 Å². The summed E-state index contributed by atoms with van der Waals surface area (Å²) in [6.07, 6.45) is 0. The first-order valence-corrected chi connectivity index (χ1v) is 4.26. The number of carboxylic acid groups (broad SMARTS) is 1. The van der Waals surface area contributed by atoms with Crippen molar-refractivity contribution in [2.75, 3.05) is 0 Å². The van der Waals surface area contributed by atoms with Crippen LogP contribution in [0.5, 0.6) is 0 Å². The minimum absolute atomic E-state index is 0.116. The molecular weight excluding hydrogens is 186 g/mol. The summed E-state index contributed by atoms with van der Waals surface area (Å²) >= 11 is 6.79. The fourth-order valence-corrected chi connectivity index (χ4v) is 1.70. The van der Waals surface area contributed by atoms with Crippen molar-refractivity contribution in [2.24, 2.45) is 0 Å². The quantitative estimate of drug-likeness (QED) is 0.727. The van der Waals surface area contributed by atoms with Gasteiger partial charge >= 0.3 is 5.97 Å². The molecule has 0 aliphatic carbocycles. The van der Waals surface area contributed by atoms with Crippen LogP contribution in [0.25, 0.3) is 0 Å². The summed E-state index contributed by atoms with van der Waals surface area (Å²) in [7, 11) is 0. The number of nitrogens with zero attached hydrogens (tertiary/aromatic N) is 1. The van der Waals surface area contributed by atoms with Crippen molar-refractivity contribution in [2.45, 2.75) is 12.8 Å². The fraction of sp³-hybridized carbons (Fsp3) is 0.333. The average Bonchev–Trinajstić information content (AvgIpc) is 2.30. The van der Waals surface area contributed by atoms with Gasteiger partial charge < -0.3 is 5.11 Å². The Labute approximate surface area is 72.6 Å². The molecule has 0 unspecified atom stereocenters. The van der Waals surface area contributed by atoms with Gasteiger partial charge in [-0.25, -0.2) is 9.78 Å². The Balaban J connectivity index is 3.07. The maximum atomic E-state index is 10.5. The van der Waals surface area contributed by atoms with Gasteiger partial charge in [0.05, 0.1) is 5.88 Å². The van der Waals surface area contributed by atoms with Gasteiger partial charge in [-0.15, -0.1) is 22.9 Å². The first-order chi connectivity index (χ1) is 5.15. The lowest BCUT2D eigenvalue weighted by atomic mass is 10.4. The van der Waals surface area contributed by atoms with Crippen LogP contribution in [-0.4, -0.2) is 16.1 Å². The van der Waals surface area contributed by atoms with Gasteiger partial charge in [0, 0.05) is 4.88 Å². The SMILES string of the molecule is Cc1sc(CCl)nc1C(=O)O. The summed E-state index contributed by atoms with van der Waals surface area (Å²) in [6.45, 7) is 1.72. The zero-order valence-electron chi connectivity index (χ0n) is 5.80. The van der Waals surface area contributed by atoms with Crippen molar-refractivity contribution in [3.63, 3.8) is 0 Å². The maximum Gasteiger partial charge on any atom is 0.355 e. The number of halogens is 1. The summed E-state index contributed by atoms with van der Waals surface area (Å²) in [5, 5.41) is 9.23. The van der Waals surface area contributed by atoms with E-state index in [-0.39, 0.29) is 11.6 Å². The number of hydrogen-bond donors (Lipinski definition) is 1. The highest BCUT2D eigenvalue weighted by atomic mass is 35.5. The van der Waals surface area contributed by atoms with Crippen molar-refractivity contribution in [1.29, 1.82) is 0 Å². The van der Waals surface area contributed by atoms with Gasteiger partial charge in [-0.2, -0.15) is 0 Å². The Hall–Kier alpha value is -0.610. The summed E-state index contributed by atoms with van der Waals surface area (Å²) in [5.74, 6) is -0.714. The predicted octanol–water partition coefficient (Wildman–Crippen LogP) is 1.89. The Morgan fingerprint density at radius 1 is 1.82 bits per heavy atom. The van der Waals surface area contributed by atoms with E-state index in [0.717, 1.165) is 0 Å². The molecule has 0 amide bonds. The summed E-state index contributed by atoms with van der Waals surface area (Å²) in [4.78, 5) is 15.0. The highest BCUT2D eigenvalue weighted by Gasteiger charge is 2.12. The Morgan fingerprint density at radius 3 is 2.73 bits per heavy atom. The number of thiazole rings is 1. The average molecular weight is 192 g/mol. The summed E-state index contributed by atoms with van der Waals surface area (Å²) in [6, 6.07) is 0. The number of aromatic nitrogens is 1. The van der Waals surface area contributed by atoms with Gasteiger partial charge in [0.15, 0.2) is 5.69 Å². The van der Waals surface area contributed by atoms with Crippen LogP contribution in [-0.2, 0) is 5.88 Å². The highest BCUT2D eigenvalue weighted by Crippen LogP contribution is 2.18. The molecule has 0 atom stereocenters. The molecule has 1 rings (SSSR count). The fourth-order valence-electron chi connectivity index (χ4n) is 0.707. The molecule has 1 aromatic rings. The van der Waals surface area contributed by atoms with Crippen molar-refractivity contribution >= 4 is 28.9 Å². The van der Waals surface area contributed by atoms with E-state index in [1.165, 1.54) is 11.3 Å². The molecule has 1 heterocycles. The molecule has 0 aliphatic rings. The molecule has 1 N–H and O–H groups in total. The van der Waals surface area contributed by atoms with E-state index in [1.54, 1.807) is 6.92 Å². The molecule has 60 valence electrons. The Bertz CT molecular complexity index is 284. The van der Waals surface area contributed by atoms with Crippen LogP contribution < -0.4 is 0 Å². The molecule has 0 aliphatic heterocycles. The van der Waals surface area contributed by atoms with E-state index in [4.69, 9.17) is 16.7 Å². The second-order valence-corrected chi connectivity index (χ2v) is 3.51. The third kappa shape index (κ3) is 1.70. The first kappa shape index (κ1) is 8.49. The van der Waals surface area contributed by atoms with Gasteiger partial charge in [-0.3, -0.25) is 0 Å². The molecule has 11 heavy (non-hydrogen) atoms. The number of hydrogen-bond acceptors (Lipinski definition) is 3. The second-order valence-electron chi connectivity index (χ2n) is 1.95. The lowest BCUT2D eigenvalue weighted by Crippen LogP contribution is -1.98. The largest absolute Gasteiger partial charge is 0.476 e. The van der Waals surface area contributed by atoms with Gasteiger partial charge in [-0.05, 0) is 6.92 Å². The number of rotatable bonds is 2. The van der Waals surface area contributed by atoms with Crippen LogP contribution in [0.4, 0.5) is 0 Å². The molecule has 0 bridgehead atoms. The zero-order chi connectivity index (χ0) is 8.43. The first-order valence-electron chi connectivity index (χ1n) is 2.90. The lowest BCUT2D eigenvalue weighted by molar-refractivity contribution is 0.0690. The smallest absolute Gasteiger partial charge is 0.355 e. The van der Waals surface area contributed by atoms with E-state index in [0.29, 0.717) is 9.88 Å². The van der Waals surface area contributed by atoms with Crippen LogP contribution in [0.1, 0.15) is 20.4 Å². The molecule has 0 fully saturated rings. The maximum absolute atomic E-state index is 10.5. The zero-order valence-corrected chi connectivity index (χ0v) is 7.37. The summed E-state index contributed by atoms with van der Waals surface area (Å²) < 4.78 is 0. The van der Waals surface area contributed by atoms with Gasteiger partial charge in [0.2, 0.25) is 0 Å². The van der Waals surface area contributed by atoms with Crippen LogP contribution in [0, 0.1) is 6.92 Å². The standard InChI is InChI=1S/C6H6ClNO2S/c1-3-5(6(9)10)8-4(2-7)11-3/h2H2,1H3,(H,9,10). The third-order valence-electron chi connectivity index (χ3n) is 1.16. The van der Waals surface area contributed by atoms with E-state index in [9.17, 15) is 4.79 Å². The van der Waals surface area contributed by atoms with Gasteiger partial charge in [0.1, 0.15) is 5.01 Å². The van der Waals surface area contributed by atoms with Crippen LogP contribution in [0.2, 0.25) is 0 Å². The molecule has 0 saturated heterocycles. The highest BCUT2D eigenvalue weighted by molar-refractivity contribution is 7.12. The van der Waals surface area contributed by atoms with Gasteiger partial charge in [0.25, 0.3) is 0 Å². The minimum Gasteiger partial charge on any atom is -0.476 e. The number of carbonyl (C=O) groups is 1. The Kier molecular flexibility index (Phi) is 2.46. The molecule has 0 spiro atoms. The molecule has 0 saturated carbocycles. The predicted molar refractivity (Wildman–Crippen MR) is 43.4 cm³/mol. The van der Waals surface area contributed by atoms with Crippen LogP contribution in [0.15, 0.2) is 0 Å². The Morgan fingerprint density at radius 2 is 2.45 bits per heavy atom. The van der Waals surface area contributed by atoms with E-state index in [2.05, 4.69) is 4.98 Å². The summed E-state index contributed by atoms with van der Waals surface area (Å²) in [5.41, 5.74) is 0.116. The molecule has 1 aromatic heterocycles. The molecule has 0 aromatic carbocycles. The molecule has 0 radical (unpaired) electrons. The molecular formula is C6H6ClNO2S. The number of aryl methyl sites for hydroxylation is 1. The van der Waals surface area contributed by atoms with E-state index >= 15 is 0 Å². The van der Waals surface area contributed by atoms with E-state index in [1.807, 2.05) is 0 Å². The van der Waals surface area contributed by atoms with E-state index < -0.39 is 5.97 Å². The third-order valence-corrected chi connectivity index (χ3v) is 2.54. The van der Waals surface area contributed by atoms with Gasteiger partial charge in [-0.1, -0.05) is 0 Å². The number of alkyl halides is 1. The van der Waals surface area contributed by atoms with Crippen molar-refractivity contribution < 1.29 is 9.90 Å². The van der Waals surface area contributed by atoms with Crippen LogP contribution >= 0.6 is 22.9 Å². The minimum atomic E-state index is -0.991. The van der Waals surface area contributed by atoms with Crippen molar-refractivity contribution in [3.05, 3.63) is 15.6 Å². The van der Waals surface area contributed by atoms with Crippen molar-refractivity contribution in [1.82, 2.24) is 4.98 Å². The normalized spacial score (nSPS) is 10.0. The monoisotopic (exact) mass is 191 g/mol. The second kappa shape index (κ2) is 3.19. The lowest BCUT2D eigenvalue weighted by Gasteiger charge is -1.84. The van der Waals surface area contributed by atoms with Crippen LogP contribution in [0.3, 0.4) is 0 Å². The molecule has 3 nitrogen and oxygen atoms in total. The number of aromatic carboxylic acids is 1. The number of carboxylic acids is 1.